The van der Waals surface area contributed by atoms with Crippen LogP contribution in [0.4, 0.5) is 0 Å². The van der Waals surface area contributed by atoms with Gasteiger partial charge in [0.2, 0.25) is 0 Å². The molecule has 0 spiro atoms. The molecule has 2 aromatic carbocycles. The second kappa shape index (κ2) is 7.15. The monoisotopic (exact) mass is 302 g/mol. The van der Waals surface area contributed by atoms with E-state index in [9.17, 15) is 20.4 Å². The van der Waals surface area contributed by atoms with Crippen molar-refractivity contribution in [2.75, 3.05) is 6.54 Å². The van der Waals surface area contributed by atoms with E-state index < -0.39 is 6.10 Å². The standard InChI is InChI=1S/C17H20NO4/c1-11(8-12-2-5-14(19)6-3-12)18-10-17(22)13-4-7-15(20)16(21)9-13/h2-7,9,11,17-18,20-22H,8,10H2,1H3. The molecule has 0 heterocycles. The first-order valence-corrected chi connectivity index (χ1v) is 7.15. The molecule has 117 valence electrons. The predicted octanol–water partition coefficient (Wildman–Crippen LogP) is 2.50. The van der Waals surface area contributed by atoms with E-state index in [1.807, 2.05) is 6.92 Å². The Morgan fingerprint density at radius 3 is 2.36 bits per heavy atom. The van der Waals surface area contributed by atoms with Crippen molar-refractivity contribution in [2.45, 2.75) is 25.5 Å². The molecule has 5 nitrogen and oxygen atoms in total. The van der Waals surface area contributed by atoms with Crippen LogP contribution in [-0.4, -0.2) is 27.9 Å². The van der Waals surface area contributed by atoms with Gasteiger partial charge in [-0.1, -0.05) is 18.2 Å². The van der Waals surface area contributed by atoms with E-state index in [1.165, 1.54) is 24.3 Å². The topological polar surface area (TPSA) is 92.6 Å². The molecule has 0 aliphatic carbocycles. The average Bonchev–Trinajstić information content (AvgIpc) is 2.50. The molecule has 0 aliphatic heterocycles. The number of aliphatic hydroxyl groups is 1. The van der Waals surface area contributed by atoms with Gasteiger partial charge >= 0.3 is 0 Å². The lowest BCUT2D eigenvalue weighted by Crippen LogP contribution is -2.32. The smallest absolute Gasteiger partial charge is 0.178 e. The maximum Gasteiger partial charge on any atom is 0.178 e. The van der Waals surface area contributed by atoms with E-state index in [-0.39, 0.29) is 23.3 Å². The van der Waals surface area contributed by atoms with Gasteiger partial charge in [-0.15, -0.1) is 0 Å². The van der Waals surface area contributed by atoms with Crippen LogP contribution in [0.3, 0.4) is 0 Å². The number of aliphatic hydroxyl groups excluding tert-OH is 1. The van der Waals surface area contributed by atoms with Gasteiger partial charge in [-0.2, -0.15) is 0 Å². The Morgan fingerprint density at radius 2 is 1.73 bits per heavy atom. The molecule has 0 bridgehead atoms. The van der Waals surface area contributed by atoms with Gasteiger partial charge in [0, 0.05) is 12.6 Å². The number of hydrogen-bond donors (Lipinski definition) is 4. The molecule has 2 rings (SSSR count). The minimum absolute atomic E-state index is 0.00748. The summed E-state index contributed by atoms with van der Waals surface area (Å²) in [5, 5.41) is 43.0. The molecule has 0 saturated carbocycles. The van der Waals surface area contributed by atoms with Crippen LogP contribution < -0.4 is 5.32 Å². The van der Waals surface area contributed by atoms with E-state index in [0.29, 0.717) is 12.1 Å². The second-order valence-electron chi connectivity index (χ2n) is 5.42. The van der Waals surface area contributed by atoms with Crippen molar-refractivity contribution < 1.29 is 20.4 Å². The fourth-order valence-corrected chi connectivity index (χ4v) is 2.23. The van der Waals surface area contributed by atoms with Crippen LogP contribution in [0.5, 0.6) is 17.2 Å². The van der Waals surface area contributed by atoms with E-state index in [4.69, 9.17) is 0 Å². The number of phenols is 2. The molecule has 2 unspecified atom stereocenters. The number of rotatable bonds is 6. The summed E-state index contributed by atoms with van der Waals surface area (Å²) >= 11 is 0. The normalized spacial score (nSPS) is 13.7. The minimum Gasteiger partial charge on any atom is -0.504 e. The number of hydrogen-bond acceptors (Lipinski definition) is 4. The fraction of sp³-hybridized carbons (Fsp3) is 0.294. The van der Waals surface area contributed by atoms with E-state index >= 15 is 0 Å². The quantitative estimate of drug-likeness (QED) is 0.617. The highest BCUT2D eigenvalue weighted by Gasteiger charge is 2.12. The molecule has 1 radical (unpaired) electrons. The molecule has 0 fully saturated rings. The van der Waals surface area contributed by atoms with Gasteiger partial charge in [0.05, 0.1) is 6.10 Å². The van der Waals surface area contributed by atoms with Crippen LogP contribution >= 0.6 is 0 Å². The number of nitrogens with one attached hydrogen (secondary N) is 1. The summed E-state index contributed by atoms with van der Waals surface area (Å²) in [6, 6.07) is 11.1. The summed E-state index contributed by atoms with van der Waals surface area (Å²) in [5.74, 6) is -0.465. The van der Waals surface area contributed by atoms with Crippen LogP contribution in [0.25, 0.3) is 0 Å². The van der Waals surface area contributed by atoms with Crippen molar-refractivity contribution in [1.29, 1.82) is 0 Å². The lowest BCUT2D eigenvalue weighted by Gasteiger charge is -2.18. The summed E-state index contributed by atoms with van der Waals surface area (Å²) in [4.78, 5) is 0. The first kappa shape index (κ1) is 16.1. The maximum absolute atomic E-state index is 11.0. The zero-order valence-electron chi connectivity index (χ0n) is 12.4. The lowest BCUT2D eigenvalue weighted by molar-refractivity contribution is 0.170. The largest absolute Gasteiger partial charge is 0.504 e. The number of phenolic OH excluding ortho intramolecular Hbond substituents is 2. The molecule has 0 aromatic heterocycles. The summed E-state index contributed by atoms with van der Waals surface area (Å²) < 4.78 is 0. The first-order valence-electron chi connectivity index (χ1n) is 7.15. The number of aromatic hydroxyl groups is 2. The van der Waals surface area contributed by atoms with Crippen LogP contribution in [0.1, 0.15) is 24.2 Å². The van der Waals surface area contributed by atoms with Crippen LogP contribution in [0, 0.1) is 0 Å². The summed E-state index contributed by atoms with van der Waals surface area (Å²) in [6.07, 6.45) is -0.0358. The van der Waals surface area contributed by atoms with Crippen molar-refractivity contribution in [3.8, 4) is 17.2 Å². The Bertz CT molecular complexity index is 613. The van der Waals surface area contributed by atoms with Gasteiger partial charge in [-0.05, 0) is 48.7 Å². The van der Waals surface area contributed by atoms with Gasteiger partial charge in [0.25, 0.3) is 0 Å². The Labute approximate surface area is 129 Å². The van der Waals surface area contributed by atoms with Crippen LogP contribution in [-0.2, 0) is 11.5 Å². The highest BCUT2D eigenvalue weighted by Crippen LogP contribution is 2.27. The predicted molar refractivity (Wildman–Crippen MR) is 82.5 cm³/mol. The number of benzene rings is 2. The Kier molecular flexibility index (Phi) is 5.25. The van der Waals surface area contributed by atoms with Gasteiger partial charge in [-0.25, -0.2) is 0 Å². The van der Waals surface area contributed by atoms with Crippen molar-refractivity contribution in [3.63, 3.8) is 0 Å². The minimum atomic E-state index is -0.780. The Balaban J connectivity index is 1.85. The molecule has 0 saturated heterocycles. The molecular weight excluding hydrogens is 282 g/mol. The third-order valence-electron chi connectivity index (χ3n) is 3.51. The molecule has 0 amide bonds. The van der Waals surface area contributed by atoms with Crippen LogP contribution in [0.15, 0.2) is 42.5 Å². The second-order valence-corrected chi connectivity index (χ2v) is 5.42. The Morgan fingerprint density at radius 1 is 1.05 bits per heavy atom. The van der Waals surface area contributed by atoms with Gasteiger partial charge in [-0.3, -0.25) is 5.11 Å². The van der Waals surface area contributed by atoms with Gasteiger partial charge in [0.15, 0.2) is 17.2 Å². The molecular formula is C17H20NO4. The van der Waals surface area contributed by atoms with Crippen molar-refractivity contribution in [3.05, 3.63) is 53.6 Å². The SMILES string of the molecule is CC(Cc1ccc([O])cc1)NCC(O)c1ccc(O)c(O)c1. The maximum atomic E-state index is 11.0. The summed E-state index contributed by atoms with van der Waals surface area (Å²) in [7, 11) is 0. The van der Waals surface area contributed by atoms with Crippen molar-refractivity contribution in [2.24, 2.45) is 0 Å². The third kappa shape index (κ3) is 4.38. The van der Waals surface area contributed by atoms with Crippen molar-refractivity contribution in [1.82, 2.24) is 5.32 Å². The van der Waals surface area contributed by atoms with Crippen molar-refractivity contribution >= 4 is 0 Å². The van der Waals surface area contributed by atoms with Crippen LogP contribution in [0.2, 0.25) is 0 Å². The molecule has 4 N–H and O–H groups in total. The molecule has 5 heteroatoms. The zero-order chi connectivity index (χ0) is 16.1. The molecule has 22 heavy (non-hydrogen) atoms. The lowest BCUT2D eigenvalue weighted by atomic mass is 10.1. The summed E-state index contributed by atoms with van der Waals surface area (Å²) in [6.45, 7) is 2.32. The molecule has 2 atom stereocenters. The third-order valence-corrected chi connectivity index (χ3v) is 3.51. The average molecular weight is 302 g/mol. The zero-order valence-corrected chi connectivity index (χ0v) is 12.4. The fourth-order valence-electron chi connectivity index (χ4n) is 2.23. The first-order chi connectivity index (χ1) is 10.5. The molecule has 0 aliphatic rings. The summed E-state index contributed by atoms with van der Waals surface area (Å²) in [5.41, 5.74) is 1.59. The molecule has 2 aromatic rings. The highest BCUT2D eigenvalue weighted by molar-refractivity contribution is 5.41. The van der Waals surface area contributed by atoms with Gasteiger partial charge < -0.3 is 20.6 Å². The Hall–Kier alpha value is -2.24. The van der Waals surface area contributed by atoms with E-state index in [0.717, 1.165) is 12.0 Å². The van der Waals surface area contributed by atoms with Gasteiger partial charge in [0.1, 0.15) is 0 Å². The highest BCUT2D eigenvalue weighted by atomic mass is 16.3. The van der Waals surface area contributed by atoms with E-state index in [2.05, 4.69) is 5.32 Å². The van der Waals surface area contributed by atoms with E-state index in [1.54, 1.807) is 18.2 Å².